The molecule has 4 aromatic rings. The second-order valence-corrected chi connectivity index (χ2v) is 10.5. The van der Waals surface area contributed by atoms with Gasteiger partial charge in [-0.1, -0.05) is 32.0 Å². The molecule has 2 atom stereocenters. The summed E-state index contributed by atoms with van der Waals surface area (Å²) in [6.07, 6.45) is -2.98. The van der Waals surface area contributed by atoms with Gasteiger partial charge in [0.25, 0.3) is 0 Å². The first-order chi connectivity index (χ1) is 18.6. The maximum absolute atomic E-state index is 13.7. The monoisotopic (exact) mass is 535 g/mol. The molecule has 1 aliphatic heterocycles. The Labute approximate surface area is 226 Å². The van der Waals surface area contributed by atoms with E-state index in [0.717, 1.165) is 24.8 Å². The van der Waals surface area contributed by atoms with E-state index in [0.29, 0.717) is 40.6 Å². The first kappa shape index (κ1) is 27.0. The predicted molar refractivity (Wildman–Crippen MR) is 147 cm³/mol. The van der Waals surface area contributed by atoms with Crippen LogP contribution in [0, 0.1) is 0 Å². The number of rotatable bonds is 6. The van der Waals surface area contributed by atoms with Crippen LogP contribution in [-0.2, 0) is 17.5 Å². The van der Waals surface area contributed by atoms with Gasteiger partial charge in [-0.2, -0.15) is 13.2 Å². The maximum atomic E-state index is 13.7. The predicted octanol–water partition coefficient (Wildman–Crippen LogP) is 7.19. The molecule has 2 aromatic carbocycles. The Balaban J connectivity index is 1.57. The number of benzene rings is 2. The third-order valence-corrected chi connectivity index (χ3v) is 6.83. The quantitative estimate of drug-likeness (QED) is 0.282. The molecule has 0 amide bonds. The van der Waals surface area contributed by atoms with E-state index in [-0.39, 0.29) is 17.9 Å². The number of nitrogens with one attached hydrogen (secondary N) is 1. The van der Waals surface area contributed by atoms with Gasteiger partial charge in [0.15, 0.2) is 0 Å². The molecule has 0 unspecified atom stereocenters. The zero-order valence-electron chi connectivity index (χ0n) is 22.5. The van der Waals surface area contributed by atoms with E-state index in [2.05, 4.69) is 41.2 Å². The molecular weight excluding hydrogens is 503 g/mol. The fourth-order valence-electron chi connectivity index (χ4n) is 5.06. The molecule has 1 saturated heterocycles. The molecule has 5 rings (SSSR count). The van der Waals surface area contributed by atoms with Gasteiger partial charge in [-0.3, -0.25) is 9.88 Å². The zero-order valence-corrected chi connectivity index (χ0v) is 22.5. The standard InChI is InChI=1S/C30H32F3N5O/c1-18(2)21-7-10-23(11-8-21)35-29-24-12-9-22(28-25(30(31,32)33)6-5-13-34-28)14-26(24)36-27(37-29)17-38-15-19(3)39-20(4)16-38/h5-14,18-20H,15-17H2,1-4H3,(H,35,36,37)/t19-,20-/m1/s1. The van der Waals surface area contributed by atoms with Crippen LogP contribution < -0.4 is 5.32 Å². The van der Waals surface area contributed by atoms with Crippen LogP contribution >= 0.6 is 0 Å². The van der Waals surface area contributed by atoms with E-state index >= 15 is 0 Å². The minimum Gasteiger partial charge on any atom is -0.373 e. The van der Waals surface area contributed by atoms with E-state index in [9.17, 15) is 13.2 Å². The highest BCUT2D eigenvalue weighted by molar-refractivity contribution is 5.93. The summed E-state index contributed by atoms with van der Waals surface area (Å²) >= 11 is 0. The van der Waals surface area contributed by atoms with Crippen LogP contribution in [0.4, 0.5) is 24.7 Å². The molecule has 1 aliphatic rings. The summed E-state index contributed by atoms with van der Waals surface area (Å²) in [7, 11) is 0. The van der Waals surface area contributed by atoms with E-state index in [4.69, 9.17) is 14.7 Å². The minimum absolute atomic E-state index is 0.0859. The van der Waals surface area contributed by atoms with Gasteiger partial charge in [0.2, 0.25) is 0 Å². The lowest BCUT2D eigenvalue weighted by Crippen LogP contribution is -2.45. The van der Waals surface area contributed by atoms with Crippen molar-refractivity contribution in [2.45, 2.75) is 58.5 Å². The molecule has 0 bridgehead atoms. The lowest BCUT2D eigenvalue weighted by molar-refractivity contribution is -0.137. The van der Waals surface area contributed by atoms with Crippen molar-refractivity contribution < 1.29 is 17.9 Å². The molecule has 0 aliphatic carbocycles. The van der Waals surface area contributed by atoms with Crippen LogP contribution in [0.1, 0.15) is 50.6 Å². The number of hydrogen-bond donors (Lipinski definition) is 1. The second kappa shape index (κ2) is 10.9. The van der Waals surface area contributed by atoms with Crippen molar-refractivity contribution in [3.05, 3.63) is 77.7 Å². The van der Waals surface area contributed by atoms with Crippen LogP contribution in [0.25, 0.3) is 22.2 Å². The highest BCUT2D eigenvalue weighted by atomic mass is 19.4. The Hall–Kier alpha value is -3.56. The Morgan fingerprint density at radius 1 is 1.00 bits per heavy atom. The summed E-state index contributed by atoms with van der Waals surface area (Å²) < 4.78 is 47.1. The largest absolute Gasteiger partial charge is 0.418 e. The normalized spacial score (nSPS) is 18.6. The lowest BCUT2D eigenvalue weighted by atomic mass is 10.0. The number of hydrogen-bond acceptors (Lipinski definition) is 6. The molecule has 0 saturated carbocycles. The molecule has 2 aromatic heterocycles. The summed E-state index contributed by atoms with van der Waals surface area (Å²) in [4.78, 5) is 16.0. The van der Waals surface area contributed by atoms with E-state index in [1.807, 2.05) is 26.0 Å². The number of ether oxygens (including phenoxy) is 1. The van der Waals surface area contributed by atoms with Gasteiger partial charge >= 0.3 is 6.18 Å². The molecule has 6 nitrogen and oxygen atoms in total. The van der Waals surface area contributed by atoms with Gasteiger partial charge < -0.3 is 10.1 Å². The Kier molecular flexibility index (Phi) is 7.55. The third kappa shape index (κ3) is 6.20. The highest BCUT2D eigenvalue weighted by Crippen LogP contribution is 2.37. The molecule has 9 heteroatoms. The molecule has 3 heterocycles. The van der Waals surface area contributed by atoms with Crippen LogP contribution in [-0.4, -0.2) is 45.1 Å². The first-order valence-corrected chi connectivity index (χ1v) is 13.1. The summed E-state index contributed by atoms with van der Waals surface area (Å²) in [6.45, 7) is 10.3. The molecule has 204 valence electrons. The maximum Gasteiger partial charge on any atom is 0.418 e. The van der Waals surface area contributed by atoms with Gasteiger partial charge in [-0.15, -0.1) is 0 Å². The summed E-state index contributed by atoms with van der Waals surface area (Å²) in [5.41, 5.74) is 2.09. The van der Waals surface area contributed by atoms with Gasteiger partial charge in [0.1, 0.15) is 11.6 Å². The SMILES string of the molecule is CC(C)c1ccc(Nc2nc(CN3C[C@@H](C)O[C@H](C)C3)nc3cc(-c4ncccc4C(F)(F)F)ccc23)cc1. The topological polar surface area (TPSA) is 63.2 Å². The van der Waals surface area contributed by atoms with Crippen LogP contribution in [0.2, 0.25) is 0 Å². The van der Waals surface area contributed by atoms with Gasteiger partial charge in [0, 0.05) is 35.9 Å². The number of halogens is 3. The number of nitrogens with zero attached hydrogens (tertiary/aromatic N) is 4. The Bertz CT molecular complexity index is 1450. The van der Waals surface area contributed by atoms with E-state index < -0.39 is 11.7 Å². The number of anilines is 2. The molecule has 1 N–H and O–H groups in total. The van der Waals surface area contributed by atoms with E-state index in [1.165, 1.54) is 17.8 Å². The van der Waals surface area contributed by atoms with Crippen molar-refractivity contribution in [3.8, 4) is 11.3 Å². The van der Waals surface area contributed by atoms with Crippen LogP contribution in [0.5, 0.6) is 0 Å². The smallest absolute Gasteiger partial charge is 0.373 e. The molecule has 0 spiro atoms. The average molecular weight is 536 g/mol. The van der Waals surface area contributed by atoms with Crippen molar-refractivity contribution in [3.63, 3.8) is 0 Å². The van der Waals surface area contributed by atoms with Gasteiger partial charge in [-0.05, 0) is 61.7 Å². The number of pyridine rings is 1. The van der Waals surface area contributed by atoms with Crippen molar-refractivity contribution in [1.29, 1.82) is 0 Å². The average Bonchev–Trinajstić information content (AvgIpc) is 2.87. The van der Waals surface area contributed by atoms with Crippen LogP contribution in [0.3, 0.4) is 0 Å². The summed E-state index contributed by atoms with van der Waals surface area (Å²) in [5, 5.41) is 4.12. The van der Waals surface area contributed by atoms with Crippen molar-refractivity contribution in [1.82, 2.24) is 19.9 Å². The number of alkyl halides is 3. The fourth-order valence-corrected chi connectivity index (χ4v) is 5.06. The minimum atomic E-state index is -4.52. The number of aromatic nitrogens is 3. The van der Waals surface area contributed by atoms with Crippen molar-refractivity contribution in [2.75, 3.05) is 18.4 Å². The number of morpholine rings is 1. The molecule has 39 heavy (non-hydrogen) atoms. The van der Waals surface area contributed by atoms with Crippen LogP contribution in [0.15, 0.2) is 60.8 Å². The van der Waals surface area contributed by atoms with Crippen molar-refractivity contribution >= 4 is 22.4 Å². The van der Waals surface area contributed by atoms with E-state index in [1.54, 1.807) is 18.2 Å². The number of fused-ring (bicyclic) bond motifs is 1. The van der Waals surface area contributed by atoms with Crippen molar-refractivity contribution in [2.24, 2.45) is 0 Å². The summed E-state index contributed by atoms with van der Waals surface area (Å²) in [5.74, 6) is 1.60. The molecular formula is C30H32F3N5O. The first-order valence-electron chi connectivity index (χ1n) is 13.1. The zero-order chi connectivity index (χ0) is 27.7. The Morgan fingerprint density at radius 2 is 1.72 bits per heavy atom. The summed E-state index contributed by atoms with van der Waals surface area (Å²) in [6, 6.07) is 15.6. The molecule has 0 radical (unpaired) electrons. The third-order valence-electron chi connectivity index (χ3n) is 6.83. The molecule has 1 fully saturated rings. The fraction of sp³-hybridized carbons (Fsp3) is 0.367. The highest BCUT2D eigenvalue weighted by Gasteiger charge is 2.34. The second-order valence-electron chi connectivity index (χ2n) is 10.5. The lowest BCUT2D eigenvalue weighted by Gasteiger charge is -2.34. The van der Waals surface area contributed by atoms with Gasteiger partial charge in [-0.25, -0.2) is 9.97 Å². The van der Waals surface area contributed by atoms with Gasteiger partial charge in [0.05, 0.1) is 35.5 Å². The Morgan fingerprint density at radius 3 is 2.38 bits per heavy atom.